The van der Waals surface area contributed by atoms with Gasteiger partial charge in [0.1, 0.15) is 40.0 Å². The second kappa shape index (κ2) is 10.5. The van der Waals surface area contributed by atoms with Crippen LogP contribution in [0.2, 0.25) is 0 Å². The Bertz CT molecular complexity index is 1190. The van der Waals surface area contributed by atoms with E-state index in [1.165, 1.54) is 37.3 Å². The van der Waals surface area contributed by atoms with Crippen LogP contribution in [0.1, 0.15) is 17.5 Å². The summed E-state index contributed by atoms with van der Waals surface area (Å²) >= 11 is 2.65. The van der Waals surface area contributed by atoms with Crippen LogP contribution in [0.4, 0.5) is 11.5 Å². The minimum Gasteiger partial charge on any atom is -0.497 e. The van der Waals surface area contributed by atoms with Crippen molar-refractivity contribution in [2.75, 3.05) is 31.0 Å². The first-order chi connectivity index (χ1) is 15.5. The molecule has 0 saturated heterocycles. The number of methoxy groups -OCH3 is 2. The Morgan fingerprint density at radius 3 is 2.44 bits per heavy atom. The highest BCUT2D eigenvalue weighted by Gasteiger charge is 2.21. The molecule has 0 saturated carbocycles. The average molecular weight is 466 g/mol. The molecule has 0 spiro atoms. The van der Waals surface area contributed by atoms with E-state index in [-0.39, 0.29) is 29.3 Å². The van der Waals surface area contributed by atoms with Crippen molar-refractivity contribution < 1.29 is 14.3 Å². The van der Waals surface area contributed by atoms with Gasteiger partial charge in [-0.05, 0) is 11.4 Å². The van der Waals surface area contributed by atoms with E-state index >= 15 is 0 Å². The molecule has 32 heavy (non-hydrogen) atoms. The largest absolute Gasteiger partial charge is 0.497 e. The molecule has 0 aliphatic carbocycles. The third-order valence-corrected chi connectivity index (χ3v) is 6.25. The summed E-state index contributed by atoms with van der Waals surface area (Å²) in [6.45, 7) is 0. The molecule has 0 aliphatic heterocycles. The molecule has 0 fully saturated rings. The molecular weight excluding hydrogens is 446 g/mol. The number of nitriles is 2. The average Bonchev–Trinajstić information content (AvgIpc) is 3.32. The zero-order valence-electron chi connectivity index (χ0n) is 17.3. The number of nitrogen functional groups attached to an aromatic ring is 1. The second-order valence-corrected chi connectivity index (χ2v) is 8.41. The number of anilines is 2. The van der Waals surface area contributed by atoms with Crippen LogP contribution in [-0.2, 0) is 4.79 Å². The van der Waals surface area contributed by atoms with Crippen molar-refractivity contribution in [3.8, 4) is 34.1 Å². The van der Waals surface area contributed by atoms with Crippen LogP contribution in [-0.4, -0.2) is 30.9 Å². The maximum Gasteiger partial charge on any atom is 0.225 e. The number of carbonyl (C=O) groups excluding carboxylic acids is 1. The predicted octanol–water partition coefficient (Wildman–Crippen LogP) is 4.27. The Morgan fingerprint density at radius 2 is 1.88 bits per heavy atom. The second-order valence-electron chi connectivity index (χ2n) is 6.38. The zero-order chi connectivity index (χ0) is 23.1. The number of nitrogens with zero attached hydrogens (tertiary/aromatic N) is 3. The first-order valence-electron chi connectivity index (χ1n) is 9.34. The lowest BCUT2D eigenvalue weighted by Crippen LogP contribution is -2.12. The van der Waals surface area contributed by atoms with Crippen LogP contribution in [0, 0.1) is 22.7 Å². The van der Waals surface area contributed by atoms with Gasteiger partial charge >= 0.3 is 0 Å². The first kappa shape index (κ1) is 22.9. The Hall–Kier alpha value is -3.73. The molecule has 2 heterocycles. The summed E-state index contributed by atoms with van der Waals surface area (Å²) in [7, 11) is 3.06. The third-order valence-electron chi connectivity index (χ3n) is 4.39. The van der Waals surface area contributed by atoms with Crippen molar-refractivity contribution in [2.45, 2.75) is 11.4 Å². The standard InChI is InChI=1S/C22H19N5O3S2/c1-29-14-8-13(9-15(10-14)30-2)26-19(28)5-7-32-22-17(12-24)20(18-4-3-6-31-18)16(11-23)21(25)27-22/h3-4,6,8-10H,5,7H2,1-2H3,(H2,25,27)(H,26,28). The van der Waals surface area contributed by atoms with E-state index in [0.29, 0.717) is 33.5 Å². The molecule has 3 N–H and O–H groups in total. The number of thioether (sulfide) groups is 1. The van der Waals surface area contributed by atoms with Gasteiger partial charge in [0.2, 0.25) is 5.91 Å². The number of hydrogen-bond acceptors (Lipinski definition) is 9. The quantitative estimate of drug-likeness (QED) is 0.471. The topological polar surface area (TPSA) is 134 Å². The summed E-state index contributed by atoms with van der Waals surface area (Å²) in [5, 5.41) is 24.3. The summed E-state index contributed by atoms with van der Waals surface area (Å²) in [5.41, 5.74) is 7.48. The van der Waals surface area contributed by atoms with E-state index in [4.69, 9.17) is 15.2 Å². The van der Waals surface area contributed by atoms with Gasteiger partial charge in [-0.15, -0.1) is 23.1 Å². The molecule has 0 atom stereocenters. The number of amides is 1. The number of hydrogen-bond donors (Lipinski definition) is 2. The molecule has 3 rings (SSSR count). The van der Waals surface area contributed by atoms with E-state index in [1.54, 1.807) is 18.2 Å². The number of nitrogens with one attached hydrogen (secondary N) is 1. The lowest BCUT2D eigenvalue weighted by molar-refractivity contribution is -0.115. The fraction of sp³-hybridized carbons (Fsp3) is 0.182. The Labute approximate surface area is 193 Å². The lowest BCUT2D eigenvalue weighted by Gasteiger charge is -2.12. The molecule has 3 aromatic rings. The van der Waals surface area contributed by atoms with Gasteiger partial charge in [0.15, 0.2) is 0 Å². The van der Waals surface area contributed by atoms with Gasteiger partial charge in [-0.3, -0.25) is 4.79 Å². The van der Waals surface area contributed by atoms with E-state index in [9.17, 15) is 15.3 Å². The molecule has 0 radical (unpaired) electrons. The summed E-state index contributed by atoms with van der Waals surface area (Å²) in [5.74, 6) is 1.33. The lowest BCUT2D eigenvalue weighted by atomic mass is 10.0. The molecule has 10 heteroatoms. The number of rotatable bonds is 8. The number of aromatic nitrogens is 1. The highest BCUT2D eigenvalue weighted by Crippen LogP contribution is 2.37. The van der Waals surface area contributed by atoms with Crippen LogP contribution in [0.3, 0.4) is 0 Å². The van der Waals surface area contributed by atoms with Crippen LogP contribution in [0.15, 0.2) is 40.7 Å². The maximum atomic E-state index is 12.4. The Kier molecular flexibility index (Phi) is 7.55. The maximum absolute atomic E-state index is 12.4. The van der Waals surface area contributed by atoms with Crippen molar-refractivity contribution in [3.05, 3.63) is 46.8 Å². The van der Waals surface area contributed by atoms with Crippen molar-refractivity contribution >= 4 is 40.5 Å². The van der Waals surface area contributed by atoms with Gasteiger partial charge in [-0.2, -0.15) is 10.5 Å². The fourth-order valence-corrected chi connectivity index (χ4v) is 4.63. The predicted molar refractivity (Wildman–Crippen MR) is 125 cm³/mol. The minimum absolute atomic E-state index is 0.0605. The van der Waals surface area contributed by atoms with Crippen molar-refractivity contribution in [3.63, 3.8) is 0 Å². The van der Waals surface area contributed by atoms with Crippen molar-refractivity contribution in [1.82, 2.24) is 4.98 Å². The monoisotopic (exact) mass is 465 g/mol. The van der Waals surface area contributed by atoms with Gasteiger partial charge in [0.25, 0.3) is 0 Å². The number of benzene rings is 1. The first-order valence-corrected chi connectivity index (χ1v) is 11.2. The molecule has 0 aliphatic rings. The normalized spacial score (nSPS) is 10.1. The van der Waals surface area contributed by atoms with Crippen LogP contribution < -0.4 is 20.5 Å². The number of carbonyl (C=O) groups is 1. The summed E-state index contributed by atoms with van der Waals surface area (Å²) in [6, 6.07) is 12.9. The minimum atomic E-state index is -0.216. The van der Waals surface area contributed by atoms with Gasteiger partial charge in [0, 0.05) is 46.5 Å². The van der Waals surface area contributed by atoms with E-state index in [1.807, 2.05) is 23.6 Å². The third kappa shape index (κ3) is 5.11. The van der Waals surface area contributed by atoms with Gasteiger partial charge in [-0.1, -0.05) is 6.07 Å². The Morgan fingerprint density at radius 1 is 1.19 bits per heavy atom. The fourth-order valence-electron chi connectivity index (χ4n) is 2.91. The zero-order valence-corrected chi connectivity index (χ0v) is 19.0. The molecule has 2 aromatic heterocycles. The summed E-state index contributed by atoms with van der Waals surface area (Å²) in [6.07, 6.45) is 0.172. The van der Waals surface area contributed by atoms with Crippen LogP contribution >= 0.6 is 23.1 Å². The number of ether oxygens (including phenoxy) is 2. The van der Waals surface area contributed by atoms with E-state index in [2.05, 4.69) is 16.4 Å². The Balaban J connectivity index is 1.75. The summed E-state index contributed by atoms with van der Waals surface area (Å²) < 4.78 is 10.4. The van der Waals surface area contributed by atoms with Gasteiger partial charge in [-0.25, -0.2) is 4.98 Å². The highest BCUT2D eigenvalue weighted by atomic mass is 32.2. The van der Waals surface area contributed by atoms with E-state index < -0.39 is 0 Å². The van der Waals surface area contributed by atoms with Crippen LogP contribution in [0.5, 0.6) is 11.5 Å². The number of nitrogens with two attached hydrogens (primary N) is 1. The van der Waals surface area contributed by atoms with Crippen molar-refractivity contribution in [2.24, 2.45) is 0 Å². The highest BCUT2D eigenvalue weighted by molar-refractivity contribution is 7.99. The van der Waals surface area contributed by atoms with Crippen molar-refractivity contribution in [1.29, 1.82) is 10.5 Å². The SMILES string of the molecule is COc1cc(NC(=O)CCSc2nc(N)c(C#N)c(-c3cccs3)c2C#N)cc(OC)c1. The molecule has 1 aromatic carbocycles. The molecule has 8 nitrogen and oxygen atoms in total. The molecule has 162 valence electrons. The van der Waals surface area contributed by atoms with Gasteiger partial charge < -0.3 is 20.5 Å². The van der Waals surface area contributed by atoms with E-state index in [0.717, 1.165) is 4.88 Å². The van der Waals surface area contributed by atoms with Crippen LogP contribution in [0.25, 0.3) is 10.4 Å². The number of thiophene rings is 1. The molecule has 0 bridgehead atoms. The molecular formula is C22H19N5O3S2. The summed E-state index contributed by atoms with van der Waals surface area (Å²) in [4.78, 5) is 17.4. The smallest absolute Gasteiger partial charge is 0.225 e. The molecule has 0 unspecified atom stereocenters. The number of pyridine rings is 1. The van der Waals surface area contributed by atoms with Gasteiger partial charge in [0.05, 0.1) is 19.8 Å². The molecule has 1 amide bonds.